The highest BCUT2D eigenvalue weighted by atomic mass is 19.1. The number of nitrogens with one attached hydrogen (secondary N) is 1. The smallest absolute Gasteiger partial charge is 0.291 e. The van der Waals surface area contributed by atoms with E-state index in [1.54, 1.807) is 30.8 Å². The Morgan fingerprint density at radius 1 is 1.06 bits per heavy atom. The molecule has 0 atom stereocenters. The molecule has 0 aliphatic carbocycles. The van der Waals surface area contributed by atoms with E-state index in [4.69, 9.17) is 9.47 Å². The normalized spacial score (nSPS) is 11.2. The summed E-state index contributed by atoms with van der Waals surface area (Å²) in [6.07, 6.45) is 1.13. The van der Waals surface area contributed by atoms with Gasteiger partial charge in [-0.3, -0.25) is 14.0 Å². The Labute approximate surface area is 189 Å². The van der Waals surface area contributed by atoms with Crippen LogP contribution < -0.4 is 20.3 Å². The van der Waals surface area contributed by atoms with Crippen molar-refractivity contribution in [3.8, 4) is 11.5 Å². The largest absolute Gasteiger partial charge is 0.493 e. The van der Waals surface area contributed by atoms with Crippen LogP contribution in [0, 0.1) is 5.82 Å². The zero-order valence-electron chi connectivity index (χ0n) is 18.7. The molecule has 2 heterocycles. The molecule has 172 valence electrons. The number of carbonyl (C=O) groups is 1. The van der Waals surface area contributed by atoms with Gasteiger partial charge < -0.3 is 14.8 Å². The number of benzene rings is 2. The van der Waals surface area contributed by atoms with Crippen molar-refractivity contribution < 1.29 is 18.7 Å². The molecule has 0 unspecified atom stereocenters. The summed E-state index contributed by atoms with van der Waals surface area (Å²) >= 11 is 0. The molecule has 8 nitrogen and oxygen atoms in total. The number of rotatable bonds is 8. The van der Waals surface area contributed by atoms with Gasteiger partial charge in [0.25, 0.3) is 5.56 Å². The maximum absolute atomic E-state index is 13.6. The van der Waals surface area contributed by atoms with E-state index in [1.807, 2.05) is 25.1 Å². The van der Waals surface area contributed by atoms with E-state index in [0.717, 1.165) is 10.2 Å². The van der Waals surface area contributed by atoms with Gasteiger partial charge in [0.2, 0.25) is 5.91 Å². The van der Waals surface area contributed by atoms with Gasteiger partial charge in [0.05, 0.1) is 19.7 Å². The van der Waals surface area contributed by atoms with Crippen molar-refractivity contribution in [2.24, 2.45) is 0 Å². The number of ether oxygens (including phenoxy) is 2. The van der Waals surface area contributed by atoms with Crippen LogP contribution in [0.3, 0.4) is 0 Å². The predicted molar refractivity (Wildman–Crippen MR) is 123 cm³/mol. The average Bonchev–Trinajstić information content (AvgIpc) is 3.19. The number of methoxy groups -OCH3 is 2. The highest BCUT2D eigenvalue weighted by Gasteiger charge is 2.15. The molecule has 0 radical (unpaired) electrons. The average molecular weight is 452 g/mol. The molecule has 33 heavy (non-hydrogen) atoms. The summed E-state index contributed by atoms with van der Waals surface area (Å²) < 4.78 is 27.1. The first kappa shape index (κ1) is 22.3. The number of fused-ring (bicyclic) bond motifs is 3. The van der Waals surface area contributed by atoms with E-state index in [-0.39, 0.29) is 18.3 Å². The Morgan fingerprint density at radius 3 is 2.58 bits per heavy atom. The number of aromatic nitrogens is 3. The van der Waals surface area contributed by atoms with E-state index >= 15 is 0 Å². The summed E-state index contributed by atoms with van der Waals surface area (Å²) in [6.45, 7) is 2.10. The molecular formula is C24H25FN4O4. The third-order valence-corrected chi connectivity index (χ3v) is 5.50. The molecule has 0 aliphatic rings. The standard InChI is InChI=1S/C24H25FN4O4/c1-4-22-27-28(24(31)19-13-16-12-17(25)6-7-18(16)29(19)22)14-23(30)26-10-9-15-5-8-20(32-2)21(11-15)33-3/h5-8,11-13H,4,9-10,14H2,1-3H3,(H,26,30). The molecule has 0 spiro atoms. The van der Waals surface area contributed by atoms with Gasteiger partial charge in [-0.15, -0.1) is 0 Å². The number of carbonyl (C=O) groups excluding carboxylic acids is 1. The lowest BCUT2D eigenvalue weighted by molar-refractivity contribution is -0.121. The van der Waals surface area contributed by atoms with Crippen LogP contribution in [0.4, 0.5) is 4.39 Å². The monoisotopic (exact) mass is 452 g/mol. The molecule has 0 saturated carbocycles. The summed E-state index contributed by atoms with van der Waals surface area (Å²) in [5.41, 5.74) is 1.64. The Bertz CT molecular complexity index is 1390. The summed E-state index contributed by atoms with van der Waals surface area (Å²) in [7, 11) is 3.14. The van der Waals surface area contributed by atoms with E-state index < -0.39 is 5.56 Å². The second-order valence-corrected chi connectivity index (χ2v) is 7.59. The van der Waals surface area contributed by atoms with Crippen molar-refractivity contribution >= 4 is 22.3 Å². The maximum atomic E-state index is 13.6. The Balaban J connectivity index is 1.50. The summed E-state index contributed by atoms with van der Waals surface area (Å²) in [4.78, 5) is 25.5. The zero-order valence-corrected chi connectivity index (χ0v) is 18.7. The molecule has 0 saturated heterocycles. The first-order valence-electron chi connectivity index (χ1n) is 10.6. The zero-order chi connectivity index (χ0) is 23.5. The van der Waals surface area contributed by atoms with Crippen LogP contribution in [-0.2, 0) is 24.2 Å². The van der Waals surface area contributed by atoms with E-state index in [1.165, 1.54) is 12.1 Å². The molecular weight excluding hydrogens is 427 g/mol. The molecule has 9 heteroatoms. The van der Waals surface area contributed by atoms with Crippen LogP contribution in [0.1, 0.15) is 18.3 Å². The second kappa shape index (κ2) is 9.32. The summed E-state index contributed by atoms with van der Waals surface area (Å²) in [5, 5.41) is 7.83. The molecule has 1 amide bonds. The molecule has 4 aromatic rings. The van der Waals surface area contributed by atoms with Crippen LogP contribution >= 0.6 is 0 Å². The van der Waals surface area contributed by atoms with Crippen LogP contribution in [0.15, 0.2) is 47.3 Å². The van der Waals surface area contributed by atoms with Gasteiger partial charge in [-0.25, -0.2) is 9.07 Å². The Hall–Kier alpha value is -3.88. The van der Waals surface area contributed by atoms with E-state index in [9.17, 15) is 14.0 Å². The lowest BCUT2D eigenvalue weighted by Gasteiger charge is -2.11. The SMILES string of the molecule is CCc1nn(CC(=O)NCCc2ccc(OC)c(OC)c2)c(=O)c2cc3cc(F)ccc3n12. The third-order valence-electron chi connectivity index (χ3n) is 5.50. The van der Waals surface area contributed by atoms with Gasteiger partial charge in [-0.1, -0.05) is 13.0 Å². The predicted octanol–water partition coefficient (Wildman–Crippen LogP) is 2.73. The number of hydrogen-bond acceptors (Lipinski definition) is 5. The Morgan fingerprint density at radius 2 is 1.85 bits per heavy atom. The quantitative estimate of drug-likeness (QED) is 0.444. The molecule has 2 aromatic carbocycles. The van der Waals surface area contributed by atoms with Gasteiger partial charge >= 0.3 is 0 Å². The fraction of sp³-hybridized carbons (Fsp3) is 0.292. The van der Waals surface area contributed by atoms with Crippen molar-refractivity contribution in [1.29, 1.82) is 0 Å². The molecule has 1 N–H and O–H groups in total. The minimum atomic E-state index is -0.404. The van der Waals surface area contributed by atoms with Gasteiger partial charge in [0.1, 0.15) is 23.7 Å². The number of nitrogens with zero attached hydrogens (tertiary/aromatic N) is 3. The van der Waals surface area contributed by atoms with Crippen LogP contribution in [0.25, 0.3) is 16.4 Å². The highest BCUT2D eigenvalue weighted by molar-refractivity contribution is 5.87. The van der Waals surface area contributed by atoms with Crippen LogP contribution in [0.2, 0.25) is 0 Å². The minimum absolute atomic E-state index is 0.204. The fourth-order valence-corrected chi connectivity index (χ4v) is 3.89. The topological polar surface area (TPSA) is 86.9 Å². The van der Waals surface area contributed by atoms with Gasteiger partial charge in [-0.2, -0.15) is 5.10 Å². The molecule has 4 rings (SSSR count). The molecule has 2 aromatic heterocycles. The number of amides is 1. The summed E-state index contributed by atoms with van der Waals surface area (Å²) in [5.74, 6) is 1.18. The van der Waals surface area contributed by atoms with Crippen LogP contribution in [-0.4, -0.2) is 40.9 Å². The molecule has 0 aliphatic heterocycles. The van der Waals surface area contributed by atoms with Crippen molar-refractivity contribution in [3.05, 3.63) is 70.0 Å². The lowest BCUT2D eigenvalue weighted by atomic mass is 10.1. The van der Waals surface area contributed by atoms with Gasteiger partial charge in [0.15, 0.2) is 11.5 Å². The van der Waals surface area contributed by atoms with Gasteiger partial charge in [0, 0.05) is 18.4 Å². The van der Waals surface area contributed by atoms with E-state index in [0.29, 0.717) is 53.1 Å². The fourth-order valence-electron chi connectivity index (χ4n) is 3.89. The molecule has 0 bridgehead atoms. The lowest BCUT2D eigenvalue weighted by Crippen LogP contribution is -2.36. The minimum Gasteiger partial charge on any atom is -0.493 e. The van der Waals surface area contributed by atoms with E-state index in [2.05, 4.69) is 10.4 Å². The van der Waals surface area contributed by atoms with Gasteiger partial charge in [-0.05, 0) is 48.4 Å². The van der Waals surface area contributed by atoms with Crippen molar-refractivity contribution in [2.45, 2.75) is 26.3 Å². The molecule has 0 fully saturated rings. The second-order valence-electron chi connectivity index (χ2n) is 7.59. The first-order chi connectivity index (χ1) is 15.9. The number of hydrogen-bond donors (Lipinski definition) is 1. The van der Waals surface area contributed by atoms with Crippen molar-refractivity contribution in [1.82, 2.24) is 19.5 Å². The first-order valence-corrected chi connectivity index (χ1v) is 10.6. The maximum Gasteiger partial charge on any atom is 0.291 e. The third kappa shape index (κ3) is 4.39. The summed E-state index contributed by atoms with van der Waals surface area (Å²) in [6, 6.07) is 11.6. The highest BCUT2D eigenvalue weighted by Crippen LogP contribution is 2.27. The number of aryl methyl sites for hydroxylation is 1. The Kier molecular flexibility index (Phi) is 6.30. The number of halogens is 1. The van der Waals surface area contributed by atoms with Crippen LogP contribution in [0.5, 0.6) is 11.5 Å². The van der Waals surface area contributed by atoms with Crippen molar-refractivity contribution in [3.63, 3.8) is 0 Å². The van der Waals surface area contributed by atoms with Crippen molar-refractivity contribution in [2.75, 3.05) is 20.8 Å².